The second kappa shape index (κ2) is 15.1. The first-order valence-electron chi connectivity index (χ1n) is 12.4. The number of para-hydroxylation sites is 1. The minimum atomic E-state index is 0.447. The highest BCUT2D eigenvalue weighted by Gasteiger charge is 2.16. The van der Waals surface area contributed by atoms with Crippen LogP contribution in [-0.2, 0) is 0 Å². The number of anilines is 1. The lowest BCUT2D eigenvalue weighted by Gasteiger charge is -2.36. The molecule has 0 radical (unpaired) electrons. The molecule has 1 aliphatic rings. The summed E-state index contributed by atoms with van der Waals surface area (Å²) in [5, 5.41) is 7.03. The maximum Gasteiger partial charge on any atom is 0.191 e. The van der Waals surface area contributed by atoms with Crippen molar-refractivity contribution >= 4 is 11.6 Å². The molecule has 1 atom stereocenters. The number of hydrogen-bond acceptors (Lipinski definition) is 4. The van der Waals surface area contributed by atoms with Gasteiger partial charge in [0.25, 0.3) is 0 Å². The molecule has 31 heavy (non-hydrogen) atoms. The number of nitrogens with one attached hydrogen (secondary N) is 2. The van der Waals surface area contributed by atoms with Gasteiger partial charge in [-0.25, -0.2) is 0 Å². The molecule has 1 aromatic rings. The minimum absolute atomic E-state index is 0.447. The predicted molar refractivity (Wildman–Crippen MR) is 135 cm³/mol. The third kappa shape index (κ3) is 9.92. The number of rotatable bonds is 13. The summed E-state index contributed by atoms with van der Waals surface area (Å²) in [6.45, 7) is 17.0. The number of nitrogens with zero attached hydrogens (tertiary/aromatic N) is 4. The van der Waals surface area contributed by atoms with Gasteiger partial charge < -0.3 is 20.4 Å². The molecule has 0 bridgehead atoms. The average molecular weight is 431 g/mol. The molecule has 1 saturated heterocycles. The largest absolute Gasteiger partial charge is 0.369 e. The van der Waals surface area contributed by atoms with E-state index in [-0.39, 0.29) is 0 Å². The van der Waals surface area contributed by atoms with Crippen LogP contribution in [0.2, 0.25) is 0 Å². The maximum absolute atomic E-state index is 4.40. The van der Waals surface area contributed by atoms with E-state index in [0.717, 1.165) is 51.8 Å². The van der Waals surface area contributed by atoms with E-state index < -0.39 is 0 Å². The monoisotopic (exact) mass is 430 g/mol. The fourth-order valence-electron chi connectivity index (χ4n) is 4.20. The molecule has 2 N–H and O–H groups in total. The van der Waals surface area contributed by atoms with Crippen molar-refractivity contribution in [1.29, 1.82) is 0 Å². The molecule has 0 spiro atoms. The third-order valence-electron chi connectivity index (χ3n) is 6.30. The van der Waals surface area contributed by atoms with E-state index in [0.29, 0.717) is 6.04 Å². The van der Waals surface area contributed by atoms with Crippen LogP contribution in [0.4, 0.5) is 5.69 Å². The molecule has 1 aromatic carbocycles. The van der Waals surface area contributed by atoms with Crippen molar-refractivity contribution in [3.63, 3.8) is 0 Å². The van der Waals surface area contributed by atoms with Gasteiger partial charge in [0.2, 0.25) is 0 Å². The Balaban J connectivity index is 1.52. The van der Waals surface area contributed by atoms with Crippen LogP contribution >= 0.6 is 0 Å². The number of aliphatic imine (C=N–C) groups is 1. The summed E-state index contributed by atoms with van der Waals surface area (Å²) >= 11 is 0. The fourth-order valence-corrected chi connectivity index (χ4v) is 4.20. The molecule has 0 amide bonds. The van der Waals surface area contributed by atoms with Gasteiger partial charge in [0, 0.05) is 51.5 Å². The van der Waals surface area contributed by atoms with Crippen LogP contribution in [0.15, 0.2) is 35.3 Å². The van der Waals surface area contributed by atoms with Gasteiger partial charge in [-0.2, -0.15) is 0 Å². The lowest BCUT2D eigenvalue weighted by atomic mass is 10.2. The van der Waals surface area contributed by atoms with Crippen molar-refractivity contribution in [3.05, 3.63) is 30.3 Å². The number of unbranched alkanes of at least 4 members (excludes halogenated alkanes) is 1. The molecule has 6 nitrogen and oxygen atoms in total. The standard InChI is InChI=1S/C25H46N6/c1-5-29(6-2)18-12-13-23(3)28-25(26-4)27-16-10-11-17-30-19-21-31(22-20-30)24-14-8-7-9-15-24/h7-9,14-15,23H,5-6,10-13,16-22H2,1-4H3,(H2,26,27,28). The molecule has 0 saturated carbocycles. The topological polar surface area (TPSA) is 46.1 Å². The first kappa shape index (κ1) is 25.5. The molecule has 0 aromatic heterocycles. The Bertz CT molecular complexity index is 593. The first-order chi connectivity index (χ1) is 15.2. The predicted octanol–water partition coefficient (Wildman–Crippen LogP) is 3.26. The molecule has 6 heteroatoms. The maximum atomic E-state index is 4.40. The Hall–Kier alpha value is -1.79. The molecule has 1 fully saturated rings. The fraction of sp³-hybridized carbons (Fsp3) is 0.720. The van der Waals surface area contributed by atoms with Gasteiger partial charge in [-0.15, -0.1) is 0 Å². The summed E-state index contributed by atoms with van der Waals surface area (Å²) in [7, 11) is 1.87. The van der Waals surface area contributed by atoms with Gasteiger partial charge in [0.15, 0.2) is 5.96 Å². The van der Waals surface area contributed by atoms with E-state index in [1.165, 1.54) is 44.5 Å². The molecule has 0 aliphatic carbocycles. The summed E-state index contributed by atoms with van der Waals surface area (Å²) < 4.78 is 0. The highest BCUT2D eigenvalue weighted by atomic mass is 15.3. The molecule has 1 aliphatic heterocycles. The van der Waals surface area contributed by atoms with Crippen molar-refractivity contribution in [2.24, 2.45) is 4.99 Å². The zero-order valence-electron chi connectivity index (χ0n) is 20.4. The van der Waals surface area contributed by atoms with Crippen LogP contribution < -0.4 is 15.5 Å². The summed E-state index contributed by atoms with van der Waals surface area (Å²) in [6, 6.07) is 11.2. The van der Waals surface area contributed by atoms with Gasteiger partial charge in [0.05, 0.1) is 0 Å². The Morgan fingerprint density at radius 3 is 2.39 bits per heavy atom. The molecular formula is C25H46N6. The minimum Gasteiger partial charge on any atom is -0.369 e. The molecule has 2 rings (SSSR count). The average Bonchev–Trinajstić information content (AvgIpc) is 2.82. The van der Waals surface area contributed by atoms with E-state index in [1.807, 2.05) is 7.05 Å². The molecule has 1 unspecified atom stereocenters. The summed E-state index contributed by atoms with van der Waals surface area (Å²) in [5.41, 5.74) is 1.35. The zero-order valence-corrected chi connectivity index (χ0v) is 20.4. The summed E-state index contributed by atoms with van der Waals surface area (Å²) in [5.74, 6) is 0.937. The molecular weight excluding hydrogens is 384 g/mol. The van der Waals surface area contributed by atoms with Crippen molar-refractivity contribution in [1.82, 2.24) is 20.4 Å². The van der Waals surface area contributed by atoms with Crippen molar-refractivity contribution in [2.45, 2.75) is 52.5 Å². The van der Waals surface area contributed by atoms with Crippen molar-refractivity contribution in [3.8, 4) is 0 Å². The smallest absolute Gasteiger partial charge is 0.191 e. The van der Waals surface area contributed by atoms with Crippen LogP contribution in [0.25, 0.3) is 0 Å². The first-order valence-corrected chi connectivity index (χ1v) is 12.4. The van der Waals surface area contributed by atoms with E-state index in [9.17, 15) is 0 Å². The highest BCUT2D eigenvalue weighted by molar-refractivity contribution is 5.79. The normalized spacial score (nSPS) is 16.5. The highest BCUT2D eigenvalue weighted by Crippen LogP contribution is 2.15. The summed E-state index contributed by atoms with van der Waals surface area (Å²) in [6.07, 6.45) is 4.81. The molecule has 1 heterocycles. The Labute approximate surface area is 191 Å². The zero-order chi connectivity index (χ0) is 22.3. The van der Waals surface area contributed by atoms with E-state index in [4.69, 9.17) is 0 Å². The van der Waals surface area contributed by atoms with Crippen LogP contribution in [0, 0.1) is 0 Å². The van der Waals surface area contributed by atoms with Crippen LogP contribution in [0.5, 0.6) is 0 Å². The summed E-state index contributed by atoms with van der Waals surface area (Å²) in [4.78, 5) is 12.0. The number of hydrogen-bond donors (Lipinski definition) is 2. The number of benzene rings is 1. The van der Waals surface area contributed by atoms with Gasteiger partial charge >= 0.3 is 0 Å². The SMILES string of the molecule is CCN(CC)CCCC(C)NC(=NC)NCCCCN1CCN(c2ccccc2)CC1. The van der Waals surface area contributed by atoms with Gasteiger partial charge in [-0.1, -0.05) is 32.0 Å². The van der Waals surface area contributed by atoms with Gasteiger partial charge in [-0.3, -0.25) is 9.89 Å². The van der Waals surface area contributed by atoms with Gasteiger partial charge in [-0.05, 0) is 70.9 Å². The van der Waals surface area contributed by atoms with Crippen molar-refractivity contribution in [2.75, 3.05) is 70.9 Å². The van der Waals surface area contributed by atoms with Gasteiger partial charge in [0.1, 0.15) is 0 Å². The lowest BCUT2D eigenvalue weighted by molar-refractivity contribution is 0.253. The quantitative estimate of drug-likeness (QED) is 0.286. The Morgan fingerprint density at radius 1 is 1.03 bits per heavy atom. The van der Waals surface area contributed by atoms with E-state index in [2.05, 4.69) is 81.4 Å². The van der Waals surface area contributed by atoms with E-state index in [1.54, 1.807) is 0 Å². The van der Waals surface area contributed by atoms with Crippen molar-refractivity contribution < 1.29 is 0 Å². The number of guanidine groups is 1. The van der Waals surface area contributed by atoms with Crippen LogP contribution in [0.3, 0.4) is 0 Å². The molecule has 176 valence electrons. The Kier molecular flexibility index (Phi) is 12.4. The Morgan fingerprint density at radius 2 is 1.74 bits per heavy atom. The van der Waals surface area contributed by atoms with Crippen LogP contribution in [-0.4, -0.2) is 87.8 Å². The van der Waals surface area contributed by atoms with E-state index >= 15 is 0 Å². The second-order valence-corrected chi connectivity index (χ2v) is 8.58. The number of piperazine rings is 1. The lowest BCUT2D eigenvalue weighted by Crippen LogP contribution is -2.46. The van der Waals surface area contributed by atoms with Crippen LogP contribution in [0.1, 0.15) is 46.5 Å². The second-order valence-electron chi connectivity index (χ2n) is 8.58. The third-order valence-corrected chi connectivity index (χ3v) is 6.30.